The lowest BCUT2D eigenvalue weighted by Gasteiger charge is -2.19. The maximum Gasteiger partial charge on any atom is 0.294 e. The molecule has 0 aliphatic rings. The van der Waals surface area contributed by atoms with Gasteiger partial charge in [-0.3, -0.25) is 15.0 Å². The van der Waals surface area contributed by atoms with Crippen molar-refractivity contribution < 1.29 is 14.3 Å². The zero-order valence-corrected chi connectivity index (χ0v) is 5.88. The third-order valence-electron chi connectivity index (χ3n) is 1.02. The molecule has 0 spiro atoms. The van der Waals surface area contributed by atoms with Gasteiger partial charge in [0, 0.05) is 0 Å². The van der Waals surface area contributed by atoms with Crippen LogP contribution in [0.5, 0.6) is 0 Å². The van der Waals surface area contributed by atoms with Crippen LogP contribution in [0.1, 0.15) is 13.8 Å². The van der Waals surface area contributed by atoms with Crippen LogP contribution in [0.4, 0.5) is 0 Å². The Hall–Kier alpha value is -1.10. The van der Waals surface area contributed by atoms with Crippen LogP contribution in [0, 0.1) is 0 Å². The van der Waals surface area contributed by atoms with Crippen LogP contribution < -0.4 is 11.3 Å². The number of hydrazine groups is 1. The Morgan fingerprint density at radius 2 is 2.20 bits per heavy atom. The number of carbonyl (C=O) groups excluding carboxylic acids is 2. The van der Waals surface area contributed by atoms with E-state index in [-0.39, 0.29) is 6.47 Å². The van der Waals surface area contributed by atoms with Gasteiger partial charge in [-0.05, 0) is 13.8 Å². The summed E-state index contributed by atoms with van der Waals surface area (Å²) >= 11 is 0. The summed E-state index contributed by atoms with van der Waals surface area (Å²) in [5.41, 5.74) is 0.683. The molecule has 0 rings (SSSR count). The summed E-state index contributed by atoms with van der Waals surface area (Å²) in [7, 11) is 0. The molecule has 58 valence electrons. The van der Waals surface area contributed by atoms with Gasteiger partial charge >= 0.3 is 0 Å². The fraction of sp³-hybridized carbons (Fsp3) is 0.600. The van der Waals surface area contributed by atoms with E-state index in [1.54, 1.807) is 0 Å². The number of ether oxygens (including phenoxy) is 1. The van der Waals surface area contributed by atoms with Gasteiger partial charge in [0.05, 0.1) is 0 Å². The first kappa shape index (κ1) is 8.90. The van der Waals surface area contributed by atoms with Crippen molar-refractivity contribution in [3.8, 4) is 0 Å². The topological polar surface area (TPSA) is 81.4 Å². The Labute approximate surface area is 58.5 Å². The molecule has 5 heteroatoms. The predicted octanol–water partition coefficient (Wildman–Crippen LogP) is -1.07. The zero-order valence-electron chi connectivity index (χ0n) is 5.88. The number of rotatable bonds is 3. The second-order valence-corrected chi connectivity index (χ2v) is 2.20. The molecule has 0 saturated heterocycles. The highest BCUT2D eigenvalue weighted by Crippen LogP contribution is 2.05. The number of hydrogen-bond donors (Lipinski definition) is 2. The average molecular weight is 146 g/mol. The second kappa shape index (κ2) is 3.17. The van der Waals surface area contributed by atoms with Crippen molar-refractivity contribution in [3.63, 3.8) is 0 Å². The Balaban J connectivity index is 4.08. The van der Waals surface area contributed by atoms with E-state index >= 15 is 0 Å². The minimum atomic E-state index is -1.18. The van der Waals surface area contributed by atoms with E-state index < -0.39 is 11.5 Å². The van der Waals surface area contributed by atoms with Crippen molar-refractivity contribution in [2.45, 2.75) is 19.4 Å². The third-order valence-corrected chi connectivity index (χ3v) is 1.02. The van der Waals surface area contributed by atoms with Gasteiger partial charge in [-0.1, -0.05) is 0 Å². The standard InChI is InChI=1S/C5H10N2O3/c1-5(2,10-3-8)4(9)7-6/h3H,6H2,1-2H3,(H,7,9). The normalized spacial score (nSPS) is 10.3. The van der Waals surface area contributed by atoms with E-state index in [1.165, 1.54) is 13.8 Å². The number of carbonyl (C=O) groups is 2. The molecule has 0 atom stereocenters. The molecule has 0 aliphatic carbocycles. The van der Waals surface area contributed by atoms with Gasteiger partial charge in [0.25, 0.3) is 12.4 Å². The van der Waals surface area contributed by atoms with Gasteiger partial charge in [-0.15, -0.1) is 0 Å². The van der Waals surface area contributed by atoms with Crippen molar-refractivity contribution in [3.05, 3.63) is 0 Å². The second-order valence-electron chi connectivity index (χ2n) is 2.20. The van der Waals surface area contributed by atoms with Crippen molar-refractivity contribution in [2.75, 3.05) is 0 Å². The molecular formula is C5H10N2O3. The molecule has 0 aromatic heterocycles. The van der Waals surface area contributed by atoms with Crippen molar-refractivity contribution in [2.24, 2.45) is 5.84 Å². The Bertz CT molecular complexity index is 144. The molecule has 0 aromatic carbocycles. The van der Waals surface area contributed by atoms with Gasteiger partial charge < -0.3 is 4.74 Å². The molecule has 0 saturated carbocycles. The van der Waals surface area contributed by atoms with Crippen LogP contribution in [-0.2, 0) is 14.3 Å². The Morgan fingerprint density at radius 1 is 1.70 bits per heavy atom. The summed E-state index contributed by atoms with van der Waals surface area (Å²) in [6, 6.07) is 0. The lowest BCUT2D eigenvalue weighted by molar-refractivity contribution is -0.154. The van der Waals surface area contributed by atoms with E-state index in [1.807, 2.05) is 5.43 Å². The minimum Gasteiger partial charge on any atom is -0.452 e. The number of hydrogen-bond acceptors (Lipinski definition) is 4. The minimum absolute atomic E-state index is 0.204. The monoisotopic (exact) mass is 146 g/mol. The fourth-order valence-electron chi connectivity index (χ4n) is 0.348. The molecule has 0 fully saturated rings. The van der Waals surface area contributed by atoms with Crippen molar-refractivity contribution in [1.29, 1.82) is 0 Å². The predicted molar refractivity (Wildman–Crippen MR) is 33.6 cm³/mol. The molecule has 10 heavy (non-hydrogen) atoms. The van der Waals surface area contributed by atoms with Crippen molar-refractivity contribution in [1.82, 2.24) is 5.43 Å². The maximum absolute atomic E-state index is 10.7. The third kappa shape index (κ3) is 2.02. The number of nitrogens with one attached hydrogen (secondary N) is 1. The molecule has 0 bridgehead atoms. The molecule has 1 amide bonds. The van der Waals surface area contributed by atoms with Crippen LogP contribution >= 0.6 is 0 Å². The first-order valence-corrected chi connectivity index (χ1v) is 2.67. The molecule has 0 aromatic rings. The van der Waals surface area contributed by atoms with Crippen LogP contribution in [0.3, 0.4) is 0 Å². The first-order chi connectivity index (χ1) is 4.54. The highest BCUT2D eigenvalue weighted by molar-refractivity contribution is 5.84. The molecule has 0 aliphatic heterocycles. The summed E-state index contributed by atoms with van der Waals surface area (Å²) in [6.07, 6.45) is 0. The van der Waals surface area contributed by atoms with Crippen LogP contribution in [0.15, 0.2) is 0 Å². The fourth-order valence-corrected chi connectivity index (χ4v) is 0.348. The highest BCUT2D eigenvalue weighted by atomic mass is 16.5. The Kier molecular flexibility index (Phi) is 2.82. The SMILES string of the molecule is CC(C)(OC=O)C(=O)NN. The smallest absolute Gasteiger partial charge is 0.294 e. The molecule has 0 radical (unpaired) electrons. The molecular weight excluding hydrogens is 136 g/mol. The summed E-state index contributed by atoms with van der Waals surface area (Å²) < 4.78 is 4.41. The van der Waals surface area contributed by atoms with E-state index in [0.29, 0.717) is 0 Å². The lowest BCUT2D eigenvalue weighted by atomic mass is 10.1. The van der Waals surface area contributed by atoms with E-state index in [0.717, 1.165) is 0 Å². The van der Waals surface area contributed by atoms with Gasteiger partial charge in [-0.25, -0.2) is 5.84 Å². The van der Waals surface area contributed by atoms with Crippen LogP contribution in [-0.4, -0.2) is 18.0 Å². The van der Waals surface area contributed by atoms with Gasteiger partial charge in [0.2, 0.25) is 0 Å². The Morgan fingerprint density at radius 3 is 2.50 bits per heavy atom. The number of nitrogens with two attached hydrogens (primary N) is 1. The first-order valence-electron chi connectivity index (χ1n) is 2.67. The lowest BCUT2D eigenvalue weighted by Crippen LogP contribution is -2.47. The maximum atomic E-state index is 10.7. The van der Waals surface area contributed by atoms with Crippen molar-refractivity contribution >= 4 is 12.4 Å². The quantitative estimate of drug-likeness (QED) is 0.230. The summed E-state index contributed by atoms with van der Waals surface area (Å²) in [5, 5.41) is 0. The van der Waals surface area contributed by atoms with Gasteiger partial charge in [-0.2, -0.15) is 0 Å². The average Bonchev–Trinajstić information content (AvgIpc) is 1.86. The van der Waals surface area contributed by atoms with Gasteiger partial charge in [0.1, 0.15) is 0 Å². The number of amides is 1. The largest absolute Gasteiger partial charge is 0.452 e. The van der Waals surface area contributed by atoms with Crippen LogP contribution in [0.25, 0.3) is 0 Å². The zero-order chi connectivity index (χ0) is 8.20. The van der Waals surface area contributed by atoms with Gasteiger partial charge in [0.15, 0.2) is 5.60 Å². The van der Waals surface area contributed by atoms with E-state index in [4.69, 9.17) is 5.84 Å². The molecule has 3 N–H and O–H groups in total. The summed E-state index contributed by atoms with van der Waals surface area (Å²) in [6.45, 7) is 3.07. The van der Waals surface area contributed by atoms with Crippen LogP contribution in [0.2, 0.25) is 0 Å². The van der Waals surface area contributed by atoms with E-state index in [2.05, 4.69) is 4.74 Å². The highest BCUT2D eigenvalue weighted by Gasteiger charge is 2.28. The van der Waals surface area contributed by atoms with E-state index in [9.17, 15) is 9.59 Å². The molecule has 0 unspecified atom stereocenters. The molecule has 5 nitrogen and oxygen atoms in total. The molecule has 0 heterocycles. The summed E-state index contributed by atoms with van der Waals surface area (Å²) in [4.78, 5) is 20.5. The summed E-state index contributed by atoms with van der Waals surface area (Å²) in [5.74, 6) is 4.25.